The highest BCUT2D eigenvalue weighted by molar-refractivity contribution is 7.89. The number of pyridine rings is 1. The number of benzene rings is 1. The van der Waals surface area contributed by atoms with Gasteiger partial charge < -0.3 is 9.64 Å². The first-order valence-electron chi connectivity index (χ1n) is 12.7. The van der Waals surface area contributed by atoms with Crippen LogP contribution in [0.1, 0.15) is 48.9 Å². The average molecular weight is 499 g/mol. The molecule has 0 aliphatic carbocycles. The van der Waals surface area contributed by atoms with E-state index in [0.717, 1.165) is 70.5 Å². The summed E-state index contributed by atoms with van der Waals surface area (Å²) in [7, 11) is -3.46. The fraction of sp³-hybridized carbons (Fsp3) is 0.538. The first-order chi connectivity index (χ1) is 17.0. The fourth-order valence-electron chi connectivity index (χ4n) is 5.43. The van der Waals surface area contributed by atoms with Crippen LogP contribution in [0.25, 0.3) is 0 Å². The van der Waals surface area contributed by atoms with E-state index in [0.29, 0.717) is 24.7 Å². The highest BCUT2D eigenvalue weighted by atomic mass is 32.2. The molecule has 0 bridgehead atoms. The van der Waals surface area contributed by atoms with Crippen LogP contribution in [-0.2, 0) is 10.0 Å². The summed E-state index contributed by atoms with van der Waals surface area (Å²) in [6, 6.07) is 10.8. The van der Waals surface area contributed by atoms with E-state index in [4.69, 9.17) is 4.74 Å². The number of hydrogen-bond donors (Lipinski definition) is 0. The summed E-state index contributed by atoms with van der Waals surface area (Å²) in [5.41, 5.74) is 0.554. The van der Waals surface area contributed by atoms with Crippen molar-refractivity contribution in [3.05, 3.63) is 54.4 Å². The molecule has 4 heterocycles. The molecule has 0 radical (unpaired) electrons. The van der Waals surface area contributed by atoms with E-state index in [9.17, 15) is 13.2 Å². The van der Waals surface area contributed by atoms with Gasteiger partial charge in [0, 0.05) is 63.3 Å². The Labute approximate surface area is 207 Å². The molecule has 0 atom stereocenters. The van der Waals surface area contributed by atoms with Gasteiger partial charge in [0.1, 0.15) is 11.9 Å². The van der Waals surface area contributed by atoms with E-state index < -0.39 is 10.0 Å². The summed E-state index contributed by atoms with van der Waals surface area (Å²) >= 11 is 0. The summed E-state index contributed by atoms with van der Waals surface area (Å²) in [5, 5.41) is 0. The molecular formula is C26H34N4O4S. The minimum absolute atomic E-state index is 0.0157. The van der Waals surface area contributed by atoms with Crippen LogP contribution in [0.2, 0.25) is 0 Å². The van der Waals surface area contributed by atoms with Crippen molar-refractivity contribution in [2.75, 3.05) is 39.3 Å². The lowest BCUT2D eigenvalue weighted by molar-refractivity contribution is 0.0425. The molecule has 0 spiro atoms. The Kier molecular flexibility index (Phi) is 7.36. The molecule has 3 aliphatic rings. The summed E-state index contributed by atoms with van der Waals surface area (Å²) in [6.07, 6.45) is 9.50. The third-order valence-corrected chi connectivity index (χ3v) is 9.41. The Morgan fingerprint density at radius 1 is 0.829 bits per heavy atom. The topological polar surface area (TPSA) is 83.1 Å². The molecule has 3 fully saturated rings. The van der Waals surface area contributed by atoms with Crippen LogP contribution in [0.4, 0.5) is 0 Å². The number of likely N-dealkylation sites (tertiary alicyclic amines) is 2. The van der Waals surface area contributed by atoms with Crippen LogP contribution in [0, 0.1) is 0 Å². The lowest BCUT2D eigenvalue weighted by Crippen LogP contribution is -2.50. The minimum Gasteiger partial charge on any atom is -0.490 e. The molecular weight excluding hydrogens is 464 g/mol. The number of ether oxygens (including phenoxy) is 1. The van der Waals surface area contributed by atoms with E-state index in [1.807, 2.05) is 17.0 Å². The van der Waals surface area contributed by atoms with Gasteiger partial charge in [-0.3, -0.25) is 14.7 Å². The van der Waals surface area contributed by atoms with Gasteiger partial charge in [-0.15, -0.1) is 0 Å². The summed E-state index contributed by atoms with van der Waals surface area (Å²) in [4.78, 5) is 21.8. The zero-order valence-corrected chi connectivity index (χ0v) is 20.9. The predicted molar refractivity (Wildman–Crippen MR) is 133 cm³/mol. The molecule has 9 heteroatoms. The van der Waals surface area contributed by atoms with Crippen LogP contribution in [0.5, 0.6) is 5.75 Å². The largest absolute Gasteiger partial charge is 0.490 e. The molecule has 0 unspecified atom stereocenters. The first kappa shape index (κ1) is 24.2. The third-order valence-electron chi connectivity index (χ3n) is 7.50. The molecule has 5 rings (SSSR count). The monoisotopic (exact) mass is 498 g/mol. The van der Waals surface area contributed by atoms with Gasteiger partial charge in [-0.05, 0) is 74.9 Å². The average Bonchev–Trinajstić information content (AvgIpc) is 3.46. The zero-order chi connectivity index (χ0) is 24.3. The minimum atomic E-state index is -3.46. The molecule has 3 aliphatic heterocycles. The summed E-state index contributed by atoms with van der Waals surface area (Å²) in [6.45, 7) is 4.64. The van der Waals surface area contributed by atoms with Crippen LogP contribution in [0.3, 0.4) is 0 Å². The Hall–Kier alpha value is -2.49. The Morgan fingerprint density at radius 2 is 1.46 bits per heavy atom. The second-order valence-corrected chi connectivity index (χ2v) is 11.6. The number of hydrogen-bond acceptors (Lipinski definition) is 6. The number of carbonyl (C=O) groups excluding carboxylic acids is 1. The maximum atomic E-state index is 13.0. The van der Waals surface area contributed by atoms with Gasteiger partial charge in [-0.25, -0.2) is 8.42 Å². The number of nitrogens with zero attached hydrogens (tertiary/aromatic N) is 4. The Balaban J connectivity index is 1.10. The van der Waals surface area contributed by atoms with Gasteiger partial charge in [0.2, 0.25) is 10.0 Å². The molecule has 0 N–H and O–H groups in total. The van der Waals surface area contributed by atoms with Crippen molar-refractivity contribution >= 4 is 15.9 Å². The first-order valence-corrected chi connectivity index (χ1v) is 14.1. The second-order valence-electron chi connectivity index (χ2n) is 9.70. The summed E-state index contributed by atoms with van der Waals surface area (Å²) < 4.78 is 33.1. The van der Waals surface area contributed by atoms with Crippen molar-refractivity contribution < 1.29 is 17.9 Å². The van der Waals surface area contributed by atoms with Gasteiger partial charge in [-0.1, -0.05) is 0 Å². The number of carbonyl (C=O) groups is 1. The Bertz CT molecular complexity index is 1090. The number of sulfonamides is 1. The van der Waals surface area contributed by atoms with Crippen LogP contribution in [0.15, 0.2) is 53.7 Å². The van der Waals surface area contributed by atoms with Gasteiger partial charge in [-0.2, -0.15) is 4.31 Å². The third kappa shape index (κ3) is 5.52. The van der Waals surface area contributed by atoms with Crippen molar-refractivity contribution in [1.82, 2.24) is 19.1 Å². The normalized spacial score (nSPS) is 21.3. The number of rotatable bonds is 6. The molecule has 3 saturated heterocycles. The van der Waals surface area contributed by atoms with Crippen molar-refractivity contribution in [2.45, 2.75) is 55.6 Å². The van der Waals surface area contributed by atoms with Gasteiger partial charge >= 0.3 is 0 Å². The molecule has 35 heavy (non-hydrogen) atoms. The highest BCUT2D eigenvalue weighted by Crippen LogP contribution is 2.25. The number of amides is 1. The second kappa shape index (κ2) is 10.6. The molecule has 2 aromatic rings. The van der Waals surface area contributed by atoms with Gasteiger partial charge in [0.05, 0.1) is 4.90 Å². The van der Waals surface area contributed by atoms with Gasteiger partial charge in [0.25, 0.3) is 5.91 Å². The molecule has 1 aromatic heterocycles. The van der Waals surface area contributed by atoms with Crippen LogP contribution in [-0.4, -0.2) is 84.8 Å². The predicted octanol–water partition coefficient (Wildman–Crippen LogP) is 3.01. The van der Waals surface area contributed by atoms with Crippen molar-refractivity contribution in [2.24, 2.45) is 0 Å². The lowest BCUT2D eigenvalue weighted by Gasteiger charge is -2.41. The number of piperidine rings is 2. The highest BCUT2D eigenvalue weighted by Gasteiger charge is 2.31. The molecule has 8 nitrogen and oxygen atoms in total. The van der Waals surface area contributed by atoms with E-state index in [1.54, 1.807) is 36.7 Å². The standard InChI is InChI=1S/C26H34N4O4S/c31-26(21-3-5-25(6-4-21)35(32,33)30-15-1-2-16-30)29-17-9-22(10-18-29)28-19-11-24(12-20-28)34-23-7-13-27-14-8-23/h3-8,13-14,22,24H,1-2,9-12,15-20H2. The quantitative estimate of drug-likeness (QED) is 0.609. The number of aromatic nitrogens is 1. The van der Waals surface area contributed by atoms with E-state index in [2.05, 4.69) is 9.88 Å². The van der Waals surface area contributed by atoms with E-state index in [-0.39, 0.29) is 16.9 Å². The maximum absolute atomic E-state index is 13.0. The fourth-order valence-corrected chi connectivity index (χ4v) is 6.95. The van der Waals surface area contributed by atoms with E-state index >= 15 is 0 Å². The van der Waals surface area contributed by atoms with Gasteiger partial charge in [0.15, 0.2) is 0 Å². The SMILES string of the molecule is O=C(c1ccc(S(=O)(=O)N2CCCC2)cc1)N1CCC(N2CCC(Oc3ccncc3)CC2)CC1. The molecule has 0 saturated carbocycles. The Morgan fingerprint density at radius 3 is 2.09 bits per heavy atom. The maximum Gasteiger partial charge on any atom is 0.253 e. The van der Waals surface area contributed by atoms with Crippen molar-refractivity contribution in [3.63, 3.8) is 0 Å². The van der Waals surface area contributed by atoms with Crippen molar-refractivity contribution in [1.29, 1.82) is 0 Å². The van der Waals surface area contributed by atoms with Crippen molar-refractivity contribution in [3.8, 4) is 5.75 Å². The van der Waals surface area contributed by atoms with E-state index in [1.165, 1.54) is 4.31 Å². The van der Waals surface area contributed by atoms with Crippen LogP contribution < -0.4 is 4.74 Å². The van der Waals surface area contributed by atoms with Crippen LogP contribution >= 0.6 is 0 Å². The summed E-state index contributed by atoms with van der Waals surface area (Å²) in [5.74, 6) is 0.866. The lowest BCUT2D eigenvalue weighted by atomic mass is 9.98. The molecule has 1 amide bonds. The zero-order valence-electron chi connectivity index (χ0n) is 20.1. The molecule has 1 aromatic carbocycles. The molecule has 188 valence electrons. The smallest absolute Gasteiger partial charge is 0.253 e.